The minimum atomic E-state index is -0.477. The molecule has 0 aliphatic heterocycles. The van der Waals surface area contributed by atoms with E-state index < -0.39 is 5.56 Å². The van der Waals surface area contributed by atoms with Gasteiger partial charge in [0, 0.05) is 6.07 Å². The zero-order chi connectivity index (χ0) is 18.7. The Kier molecular flexibility index (Phi) is 5.30. The number of nitrogens with one attached hydrogen (secondary N) is 2. The molecule has 0 saturated heterocycles. The molecule has 2 aromatic heterocycles. The Hall–Kier alpha value is -2.76. The first-order valence-electron chi connectivity index (χ1n) is 7.75. The predicted octanol–water partition coefficient (Wildman–Crippen LogP) is 3.14. The first kappa shape index (κ1) is 18.0. The van der Waals surface area contributed by atoms with Gasteiger partial charge in [0.1, 0.15) is 17.4 Å². The van der Waals surface area contributed by atoms with Crippen LogP contribution in [0.5, 0.6) is 5.75 Å². The number of rotatable bonds is 5. The van der Waals surface area contributed by atoms with Gasteiger partial charge in [-0.3, -0.25) is 9.59 Å². The van der Waals surface area contributed by atoms with E-state index in [4.69, 9.17) is 0 Å². The number of nitriles is 1. The van der Waals surface area contributed by atoms with E-state index in [1.54, 1.807) is 0 Å². The predicted molar refractivity (Wildman–Crippen MR) is 103 cm³/mol. The molecule has 6 nitrogen and oxygen atoms in total. The number of carbonyl (C=O) groups excluding carboxylic acids is 1. The van der Waals surface area contributed by atoms with Gasteiger partial charge in [0.05, 0.1) is 26.2 Å². The Morgan fingerprint density at radius 1 is 1.42 bits per heavy atom. The van der Waals surface area contributed by atoms with Crippen molar-refractivity contribution in [2.45, 2.75) is 17.2 Å². The van der Waals surface area contributed by atoms with Crippen LogP contribution in [0.4, 0.5) is 0 Å². The van der Waals surface area contributed by atoms with E-state index in [-0.39, 0.29) is 29.0 Å². The third kappa shape index (κ3) is 3.74. The maximum absolute atomic E-state index is 12.2. The normalized spacial score (nSPS) is 11.8. The Balaban J connectivity index is 1.73. The summed E-state index contributed by atoms with van der Waals surface area (Å²) in [6.45, 7) is 1.90. The van der Waals surface area contributed by atoms with E-state index in [0.29, 0.717) is 14.4 Å². The lowest BCUT2D eigenvalue weighted by Gasteiger charge is -2.13. The topological polar surface area (TPSA) is 106 Å². The van der Waals surface area contributed by atoms with Crippen LogP contribution in [-0.2, 0) is 4.79 Å². The SMILES string of the molecule is C[C@H](NC(=O)CSc1sc2c(O)cc(=O)[nH]c2c1C#N)c1ccccc1. The minimum Gasteiger partial charge on any atom is -0.506 e. The van der Waals surface area contributed by atoms with Crippen LogP contribution in [0, 0.1) is 11.3 Å². The Labute approximate surface area is 157 Å². The second-order valence-electron chi connectivity index (χ2n) is 5.59. The van der Waals surface area contributed by atoms with Gasteiger partial charge in [-0.05, 0) is 12.5 Å². The highest BCUT2D eigenvalue weighted by Crippen LogP contribution is 2.39. The largest absolute Gasteiger partial charge is 0.506 e. The molecule has 2 heterocycles. The van der Waals surface area contributed by atoms with Gasteiger partial charge < -0.3 is 15.4 Å². The average Bonchev–Trinajstić information content (AvgIpc) is 2.98. The smallest absolute Gasteiger partial charge is 0.252 e. The van der Waals surface area contributed by atoms with E-state index in [2.05, 4.69) is 10.3 Å². The summed E-state index contributed by atoms with van der Waals surface area (Å²) in [5, 5.41) is 22.2. The van der Waals surface area contributed by atoms with E-state index in [9.17, 15) is 20.0 Å². The molecule has 3 aromatic rings. The van der Waals surface area contributed by atoms with Crippen LogP contribution in [-0.4, -0.2) is 21.8 Å². The van der Waals surface area contributed by atoms with Crippen LogP contribution < -0.4 is 10.9 Å². The lowest BCUT2D eigenvalue weighted by atomic mass is 10.1. The maximum Gasteiger partial charge on any atom is 0.252 e. The number of H-pyrrole nitrogens is 1. The first-order valence-corrected chi connectivity index (χ1v) is 9.55. The molecule has 0 spiro atoms. The van der Waals surface area contributed by atoms with Crippen molar-refractivity contribution in [3.8, 4) is 11.8 Å². The van der Waals surface area contributed by atoms with Gasteiger partial charge in [-0.25, -0.2) is 0 Å². The Morgan fingerprint density at radius 2 is 2.15 bits per heavy atom. The molecule has 1 aromatic carbocycles. The van der Waals surface area contributed by atoms with E-state index in [0.717, 1.165) is 11.6 Å². The second kappa shape index (κ2) is 7.64. The highest BCUT2D eigenvalue weighted by Gasteiger charge is 2.18. The van der Waals surface area contributed by atoms with E-state index in [1.165, 1.54) is 23.1 Å². The summed E-state index contributed by atoms with van der Waals surface area (Å²) in [6, 6.07) is 12.6. The first-order chi connectivity index (χ1) is 12.5. The summed E-state index contributed by atoms with van der Waals surface area (Å²) in [5.41, 5.74) is 1.11. The number of aromatic hydroxyl groups is 1. The van der Waals surface area contributed by atoms with Crippen LogP contribution in [0.2, 0.25) is 0 Å². The summed E-state index contributed by atoms with van der Waals surface area (Å²) in [6.07, 6.45) is 0. The van der Waals surface area contributed by atoms with Gasteiger partial charge in [0.15, 0.2) is 0 Å². The van der Waals surface area contributed by atoms with Crippen LogP contribution in [0.3, 0.4) is 0 Å². The summed E-state index contributed by atoms with van der Waals surface area (Å²) in [7, 11) is 0. The van der Waals surface area contributed by atoms with Crippen molar-refractivity contribution >= 4 is 39.2 Å². The number of amides is 1. The van der Waals surface area contributed by atoms with Crippen molar-refractivity contribution in [2.24, 2.45) is 0 Å². The fraction of sp³-hybridized carbons (Fsp3) is 0.167. The molecule has 1 amide bonds. The van der Waals surface area contributed by atoms with Crippen LogP contribution in [0.1, 0.15) is 24.1 Å². The number of hydrogen-bond acceptors (Lipinski definition) is 6. The molecule has 0 aliphatic rings. The lowest BCUT2D eigenvalue weighted by molar-refractivity contribution is -0.119. The number of aromatic amines is 1. The zero-order valence-corrected chi connectivity index (χ0v) is 15.4. The summed E-state index contributed by atoms with van der Waals surface area (Å²) >= 11 is 2.39. The highest BCUT2D eigenvalue weighted by molar-refractivity contribution is 8.02. The summed E-state index contributed by atoms with van der Waals surface area (Å²) in [5.74, 6) is -0.200. The molecule has 132 valence electrons. The number of thioether (sulfide) groups is 1. The highest BCUT2D eigenvalue weighted by atomic mass is 32.2. The zero-order valence-electron chi connectivity index (χ0n) is 13.8. The van der Waals surface area contributed by atoms with Crippen molar-refractivity contribution in [1.29, 1.82) is 5.26 Å². The molecule has 26 heavy (non-hydrogen) atoms. The second-order valence-corrected chi connectivity index (χ2v) is 7.85. The number of thiophene rings is 1. The molecule has 1 atom stereocenters. The van der Waals surface area contributed by atoms with Gasteiger partial charge in [0.2, 0.25) is 5.91 Å². The molecule has 3 N–H and O–H groups in total. The molecule has 0 radical (unpaired) electrons. The molecular formula is C18H15N3O3S2. The third-order valence-corrected chi connectivity index (χ3v) is 6.23. The number of benzene rings is 1. The van der Waals surface area contributed by atoms with Crippen LogP contribution >= 0.6 is 23.1 Å². The van der Waals surface area contributed by atoms with Crippen LogP contribution in [0.25, 0.3) is 10.2 Å². The van der Waals surface area contributed by atoms with Crippen molar-refractivity contribution in [1.82, 2.24) is 10.3 Å². The maximum atomic E-state index is 12.2. The van der Waals surface area contributed by atoms with Crippen molar-refractivity contribution < 1.29 is 9.90 Å². The molecule has 3 rings (SSSR count). The van der Waals surface area contributed by atoms with E-state index >= 15 is 0 Å². The summed E-state index contributed by atoms with van der Waals surface area (Å²) < 4.78 is 1.02. The molecule has 0 fully saturated rings. The van der Waals surface area contributed by atoms with Gasteiger partial charge in [-0.1, -0.05) is 30.3 Å². The molecule has 0 bridgehead atoms. The fourth-order valence-corrected chi connectivity index (χ4v) is 4.66. The Morgan fingerprint density at radius 3 is 2.85 bits per heavy atom. The van der Waals surface area contributed by atoms with Crippen molar-refractivity contribution in [3.05, 3.63) is 57.9 Å². The molecule has 0 aliphatic carbocycles. The lowest BCUT2D eigenvalue weighted by Crippen LogP contribution is -2.28. The van der Waals surface area contributed by atoms with Gasteiger partial charge >= 0.3 is 0 Å². The number of hydrogen-bond donors (Lipinski definition) is 3. The number of pyridine rings is 1. The van der Waals surface area contributed by atoms with Crippen LogP contribution in [0.15, 0.2) is 45.4 Å². The summed E-state index contributed by atoms with van der Waals surface area (Å²) in [4.78, 5) is 26.3. The molecule has 0 saturated carbocycles. The standard InChI is InChI=1S/C18H15N3O3S2/c1-10(11-5-3-2-4-6-11)20-15(24)9-25-18-12(8-19)16-17(26-18)13(22)7-14(23)21-16/h2-7,10H,9H2,1H3,(H,20,24)(H2,21,22,23)/t10-/m0/s1. The number of aromatic nitrogens is 1. The molecule has 8 heteroatoms. The van der Waals surface area contributed by atoms with Crippen molar-refractivity contribution in [3.63, 3.8) is 0 Å². The number of fused-ring (bicyclic) bond motifs is 1. The minimum absolute atomic E-state index is 0.123. The van der Waals surface area contributed by atoms with Crippen molar-refractivity contribution in [2.75, 3.05) is 5.75 Å². The third-order valence-electron chi connectivity index (χ3n) is 3.75. The molecule has 0 unspecified atom stereocenters. The fourth-order valence-electron chi connectivity index (χ4n) is 2.50. The monoisotopic (exact) mass is 385 g/mol. The average molecular weight is 385 g/mol. The quantitative estimate of drug-likeness (QED) is 0.585. The number of nitrogens with zero attached hydrogens (tertiary/aromatic N) is 1. The van der Waals surface area contributed by atoms with E-state index in [1.807, 2.05) is 43.3 Å². The van der Waals surface area contributed by atoms with Gasteiger partial charge in [0.25, 0.3) is 5.56 Å². The van der Waals surface area contributed by atoms with Gasteiger partial charge in [-0.15, -0.1) is 23.1 Å². The van der Waals surface area contributed by atoms with Gasteiger partial charge in [-0.2, -0.15) is 5.26 Å². The number of carbonyl (C=O) groups is 1. The molecular weight excluding hydrogens is 370 g/mol. The Bertz CT molecular complexity index is 1050.